The quantitative estimate of drug-likeness (QED) is 0.687. The largest absolute Gasteiger partial charge is 0.320 e. The highest BCUT2D eigenvalue weighted by molar-refractivity contribution is 14.1. The van der Waals surface area contributed by atoms with Crippen molar-refractivity contribution in [1.29, 1.82) is 0 Å². The van der Waals surface area contributed by atoms with Crippen LogP contribution in [-0.2, 0) is 0 Å². The van der Waals surface area contributed by atoms with E-state index >= 15 is 0 Å². The monoisotopic (exact) mass is 374 g/mol. The van der Waals surface area contributed by atoms with Crippen LogP contribution in [-0.4, -0.2) is 10.9 Å². The molecule has 0 aliphatic rings. The van der Waals surface area contributed by atoms with Gasteiger partial charge in [-0.1, -0.05) is 30.3 Å². The molecule has 1 N–H and O–H groups in total. The van der Waals surface area contributed by atoms with Crippen molar-refractivity contribution in [2.45, 2.75) is 0 Å². The van der Waals surface area contributed by atoms with E-state index in [2.05, 4.69) is 32.9 Å². The first-order valence-corrected chi connectivity index (χ1v) is 7.23. The lowest BCUT2D eigenvalue weighted by molar-refractivity contribution is 0.102. The van der Waals surface area contributed by atoms with Crippen molar-refractivity contribution in [3.63, 3.8) is 0 Å². The summed E-state index contributed by atoms with van der Waals surface area (Å²) in [6, 6.07) is 17.2. The zero-order valence-corrected chi connectivity index (χ0v) is 12.7. The van der Waals surface area contributed by atoms with Crippen LogP contribution in [0, 0.1) is 3.57 Å². The number of halogens is 1. The number of rotatable bonds is 2. The third-order valence-electron chi connectivity index (χ3n) is 3.02. The number of carbonyl (C=O) groups excluding carboxylic acids is 1. The normalized spacial score (nSPS) is 10.4. The minimum Gasteiger partial charge on any atom is -0.320 e. The molecule has 98 valence electrons. The van der Waals surface area contributed by atoms with Gasteiger partial charge in [-0.2, -0.15) is 0 Å². The maximum absolute atomic E-state index is 12.2. The molecule has 0 fully saturated rings. The molecule has 0 spiro atoms. The van der Waals surface area contributed by atoms with Crippen molar-refractivity contribution in [2.24, 2.45) is 0 Å². The highest BCUT2D eigenvalue weighted by atomic mass is 127. The van der Waals surface area contributed by atoms with Gasteiger partial charge in [0, 0.05) is 20.8 Å². The van der Waals surface area contributed by atoms with Gasteiger partial charge < -0.3 is 5.32 Å². The van der Waals surface area contributed by atoms with Gasteiger partial charge in [-0.25, -0.2) is 0 Å². The summed E-state index contributed by atoms with van der Waals surface area (Å²) in [6.07, 6.45) is 1.61. The molecule has 3 aromatic rings. The van der Waals surface area contributed by atoms with Gasteiger partial charge >= 0.3 is 0 Å². The standard InChI is InChI=1S/C16H11IN2O/c17-13-8-9-14(12-6-2-1-5-11(12)13)19-16(20)15-7-3-4-10-18-15/h1-10H,(H,19,20). The molecule has 0 atom stereocenters. The van der Waals surface area contributed by atoms with Crippen LogP contribution in [0.5, 0.6) is 0 Å². The van der Waals surface area contributed by atoms with Gasteiger partial charge in [-0.15, -0.1) is 0 Å². The number of hydrogen-bond acceptors (Lipinski definition) is 2. The molecule has 0 radical (unpaired) electrons. The highest BCUT2D eigenvalue weighted by Gasteiger charge is 2.09. The highest BCUT2D eigenvalue weighted by Crippen LogP contribution is 2.27. The number of anilines is 1. The van der Waals surface area contributed by atoms with Gasteiger partial charge in [0.2, 0.25) is 0 Å². The summed E-state index contributed by atoms with van der Waals surface area (Å²) < 4.78 is 1.16. The molecule has 3 rings (SSSR count). The zero-order valence-electron chi connectivity index (χ0n) is 10.5. The first-order valence-electron chi connectivity index (χ1n) is 6.15. The summed E-state index contributed by atoms with van der Waals surface area (Å²) in [7, 11) is 0. The molecule has 1 heterocycles. The van der Waals surface area contributed by atoms with Crippen LogP contribution in [0.3, 0.4) is 0 Å². The number of nitrogens with one attached hydrogen (secondary N) is 1. The Labute approximate surface area is 130 Å². The Balaban J connectivity index is 2.00. The number of hydrogen-bond donors (Lipinski definition) is 1. The number of pyridine rings is 1. The predicted octanol–water partition coefficient (Wildman–Crippen LogP) is 4.09. The molecule has 0 aliphatic heterocycles. The van der Waals surface area contributed by atoms with Crippen molar-refractivity contribution >= 4 is 45.0 Å². The lowest BCUT2D eigenvalue weighted by Crippen LogP contribution is -2.13. The van der Waals surface area contributed by atoms with Gasteiger partial charge in [-0.05, 0) is 52.2 Å². The van der Waals surface area contributed by atoms with E-state index in [-0.39, 0.29) is 5.91 Å². The molecule has 2 aromatic carbocycles. The Kier molecular flexibility index (Phi) is 3.64. The van der Waals surface area contributed by atoms with Crippen molar-refractivity contribution < 1.29 is 4.79 Å². The number of amides is 1. The number of nitrogens with zero attached hydrogens (tertiary/aromatic N) is 1. The van der Waals surface area contributed by atoms with E-state index in [0.717, 1.165) is 20.0 Å². The summed E-state index contributed by atoms with van der Waals surface area (Å²) >= 11 is 2.29. The third-order valence-corrected chi connectivity index (χ3v) is 3.96. The molecule has 4 heteroatoms. The van der Waals surface area contributed by atoms with Crippen LogP contribution < -0.4 is 5.32 Å². The fourth-order valence-corrected chi connectivity index (χ4v) is 2.70. The van der Waals surface area contributed by atoms with Gasteiger partial charge in [0.25, 0.3) is 5.91 Å². The lowest BCUT2D eigenvalue weighted by atomic mass is 10.1. The first-order chi connectivity index (χ1) is 9.75. The second-order valence-corrected chi connectivity index (χ2v) is 5.47. The van der Waals surface area contributed by atoms with E-state index in [0.29, 0.717) is 5.69 Å². The Morgan fingerprint density at radius 3 is 2.45 bits per heavy atom. The summed E-state index contributed by atoms with van der Waals surface area (Å²) in [5.74, 6) is -0.197. The van der Waals surface area contributed by atoms with Crippen molar-refractivity contribution in [3.05, 3.63) is 70.1 Å². The molecule has 0 bridgehead atoms. The SMILES string of the molecule is O=C(Nc1ccc(I)c2ccccc12)c1ccccn1. The average Bonchev–Trinajstić information content (AvgIpc) is 2.51. The molecular weight excluding hydrogens is 363 g/mol. The van der Waals surface area contributed by atoms with E-state index in [9.17, 15) is 4.79 Å². The summed E-state index contributed by atoms with van der Waals surface area (Å²) in [6.45, 7) is 0. The van der Waals surface area contributed by atoms with Gasteiger partial charge in [-0.3, -0.25) is 9.78 Å². The molecule has 0 aliphatic carbocycles. The van der Waals surface area contributed by atoms with Crippen LogP contribution in [0.25, 0.3) is 10.8 Å². The molecule has 3 nitrogen and oxygen atoms in total. The van der Waals surface area contributed by atoms with E-state index < -0.39 is 0 Å². The smallest absolute Gasteiger partial charge is 0.274 e. The Hall–Kier alpha value is -1.95. The molecule has 1 amide bonds. The minimum atomic E-state index is -0.197. The lowest BCUT2D eigenvalue weighted by Gasteiger charge is -2.09. The molecule has 0 saturated heterocycles. The average molecular weight is 374 g/mol. The van der Waals surface area contributed by atoms with Crippen LogP contribution >= 0.6 is 22.6 Å². The predicted molar refractivity (Wildman–Crippen MR) is 88.9 cm³/mol. The van der Waals surface area contributed by atoms with E-state index in [1.807, 2.05) is 36.4 Å². The molecule has 0 saturated carbocycles. The maximum atomic E-state index is 12.2. The van der Waals surface area contributed by atoms with Crippen LogP contribution in [0.2, 0.25) is 0 Å². The summed E-state index contributed by atoms with van der Waals surface area (Å²) in [5.41, 5.74) is 1.21. The van der Waals surface area contributed by atoms with Crippen LogP contribution in [0.1, 0.15) is 10.5 Å². The fourth-order valence-electron chi connectivity index (χ4n) is 2.05. The van der Waals surface area contributed by atoms with Crippen molar-refractivity contribution in [3.8, 4) is 0 Å². The number of carbonyl (C=O) groups is 1. The molecule has 1 aromatic heterocycles. The minimum absolute atomic E-state index is 0.197. The molecular formula is C16H11IN2O. The second kappa shape index (κ2) is 5.58. The number of benzene rings is 2. The van der Waals surface area contributed by atoms with E-state index in [1.54, 1.807) is 24.4 Å². The maximum Gasteiger partial charge on any atom is 0.274 e. The van der Waals surface area contributed by atoms with Gasteiger partial charge in [0.15, 0.2) is 0 Å². The topological polar surface area (TPSA) is 42.0 Å². The van der Waals surface area contributed by atoms with Crippen molar-refractivity contribution in [1.82, 2.24) is 4.98 Å². The fraction of sp³-hybridized carbons (Fsp3) is 0. The summed E-state index contributed by atoms with van der Waals surface area (Å²) in [4.78, 5) is 16.2. The number of aromatic nitrogens is 1. The van der Waals surface area contributed by atoms with Crippen LogP contribution in [0.4, 0.5) is 5.69 Å². The Bertz CT molecular complexity index is 772. The summed E-state index contributed by atoms with van der Waals surface area (Å²) in [5, 5.41) is 5.09. The van der Waals surface area contributed by atoms with Gasteiger partial charge in [0.1, 0.15) is 5.69 Å². The van der Waals surface area contributed by atoms with E-state index in [1.165, 1.54) is 0 Å². The Morgan fingerprint density at radius 2 is 1.70 bits per heavy atom. The van der Waals surface area contributed by atoms with E-state index in [4.69, 9.17) is 0 Å². The molecule has 20 heavy (non-hydrogen) atoms. The van der Waals surface area contributed by atoms with Gasteiger partial charge in [0.05, 0.1) is 0 Å². The van der Waals surface area contributed by atoms with Crippen LogP contribution in [0.15, 0.2) is 60.8 Å². The number of fused-ring (bicyclic) bond motifs is 1. The second-order valence-electron chi connectivity index (χ2n) is 4.31. The van der Waals surface area contributed by atoms with Crippen molar-refractivity contribution in [2.75, 3.05) is 5.32 Å². The zero-order chi connectivity index (χ0) is 13.9. The third kappa shape index (κ3) is 2.51. The first kappa shape index (κ1) is 13.1. The molecule has 0 unspecified atom stereocenters. The Morgan fingerprint density at radius 1 is 0.950 bits per heavy atom.